The Hall–Kier alpha value is -8.80. The maximum atomic E-state index is 13.1. The van der Waals surface area contributed by atoms with Crippen LogP contribution >= 0.6 is 0 Å². The highest BCUT2D eigenvalue weighted by Crippen LogP contribution is 2.34. The molecule has 8 aromatic carbocycles. The first-order chi connectivity index (χ1) is 39.7. The number of nitrogens with zero attached hydrogens (tertiary/aromatic N) is 2. The molecule has 444 valence electrons. The van der Waals surface area contributed by atoms with Crippen LogP contribution in [0, 0.1) is 0 Å². The van der Waals surface area contributed by atoms with Gasteiger partial charge in [0.15, 0.2) is 0 Å². The molecule has 2 atom stereocenters. The van der Waals surface area contributed by atoms with Crippen LogP contribution in [0.3, 0.4) is 0 Å². The average Bonchev–Trinajstić information content (AvgIpc) is 2.93. The Kier molecular flexibility index (Phi) is 22.8. The number of amides is 1. The normalized spacial score (nSPS) is 13.2. The molecule has 0 radical (unpaired) electrons. The van der Waals surface area contributed by atoms with Crippen LogP contribution in [-0.2, 0) is 35.4 Å². The summed E-state index contributed by atoms with van der Waals surface area (Å²) in [7, 11) is 0. The van der Waals surface area contributed by atoms with E-state index >= 15 is 0 Å². The lowest BCUT2D eigenvalue weighted by Gasteiger charge is -2.32. The second-order valence-corrected chi connectivity index (χ2v) is 23.3. The van der Waals surface area contributed by atoms with E-state index in [0.29, 0.717) is 28.8 Å². The number of hydrogen-bond acceptors (Lipinski definition) is 9. The Labute approximate surface area is 504 Å². The number of hydrogen-bond donors (Lipinski definition) is 3. The molecular weight excluding hydrogens is 1060 g/mol. The van der Waals surface area contributed by atoms with Crippen LogP contribution in [0.15, 0.2) is 194 Å². The Morgan fingerprint density at radius 3 is 1.35 bits per heavy atom. The third kappa shape index (κ3) is 18.1. The van der Waals surface area contributed by atoms with E-state index in [0.717, 1.165) is 95.5 Å². The van der Waals surface area contributed by atoms with Crippen LogP contribution < -0.4 is 20.9 Å². The van der Waals surface area contributed by atoms with Gasteiger partial charge in [-0.05, 0) is 197 Å². The summed E-state index contributed by atoms with van der Waals surface area (Å²) in [6.45, 7) is 18.5. The Bertz CT molecular complexity index is 3530. The average molecular weight is 1140 g/mol. The second-order valence-electron chi connectivity index (χ2n) is 23.3. The SMILES string of the molecule is C.C.CC(C)(C)OC(=O)c1ccccc1-c1cccc(CN2CCCc3cc(C(=O)O)ccc32)c1.C[C@H](N)c1ccccc1.C[C@H](NC(=O)c1ccc2c(c1)CCCN2Cc1cccc(-c2ccccc2C(=O)OC(C)(C)C)c1)c1ccccc1. The molecule has 2 aliphatic rings. The zero-order valence-electron chi connectivity index (χ0n) is 49.2. The molecule has 0 bridgehead atoms. The molecule has 0 aliphatic carbocycles. The first-order valence-electron chi connectivity index (χ1n) is 28.7. The van der Waals surface area contributed by atoms with Crippen molar-refractivity contribution in [3.63, 3.8) is 0 Å². The molecule has 11 nitrogen and oxygen atoms in total. The zero-order chi connectivity index (χ0) is 59.3. The van der Waals surface area contributed by atoms with Gasteiger partial charge in [0, 0.05) is 49.2 Å². The first kappa shape index (κ1) is 65.4. The summed E-state index contributed by atoms with van der Waals surface area (Å²) in [5.74, 6) is -1.60. The molecule has 0 unspecified atom stereocenters. The van der Waals surface area contributed by atoms with Gasteiger partial charge >= 0.3 is 17.9 Å². The van der Waals surface area contributed by atoms with E-state index in [4.69, 9.17) is 15.2 Å². The molecule has 85 heavy (non-hydrogen) atoms. The predicted octanol–water partition coefficient (Wildman–Crippen LogP) is 16.7. The fourth-order valence-corrected chi connectivity index (χ4v) is 10.4. The lowest BCUT2D eigenvalue weighted by Crippen LogP contribution is -2.30. The molecule has 1 amide bonds. The van der Waals surface area contributed by atoms with E-state index < -0.39 is 17.2 Å². The molecule has 2 heterocycles. The third-order valence-corrected chi connectivity index (χ3v) is 14.4. The summed E-state index contributed by atoms with van der Waals surface area (Å²) < 4.78 is 11.3. The van der Waals surface area contributed by atoms with Gasteiger partial charge in [-0.15, -0.1) is 0 Å². The Morgan fingerprint density at radius 1 is 0.518 bits per heavy atom. The van der Waals surface area contributed by atoms with Crippen molar-refractivity contribution in [2.24, 2.45) is 5.73 Å². The molecule has 0 spiro atoms. The molecule has 8 aromatic rings. The monoisotopic (exact) mass is 1140 g/mol. The molecule has 0 saturated heterocycles. The van der Waals surface area contributed by atoms with Crippen molar-refractivity contribution in [3.05, 3.63) is 250 Å². The van der Waals surface area contributed by atoms with Crippen molar-refractivity contribution in [3.8, 4) is 22.3 Å². The minimum absolute atomic E-state index is 0. The number of carboxylic acid groups (broad SMARTS) is 1. The van der Waals surface area contributed by atoms with Crippen LogP contribution in [0.2, 0.25) is 0 Å². The quantitative estimate of drug-likeness (QED) is 0.0952. The Balaban J connectivity index is 0.000000236. The van der Waals surface area contributed by atoms with Crippen LogP contribution in [0.25, 0.3) is 22.3 Å². The van der Waals surface area contributed by atoms with E-state index in [2.05, 4.69) is 45.4 Å². The van der Waals surface area contributed by atoms with Crippen LogP contribution in [0.1, 0.15) is 170 Å². The van der Waals surface area contributed by atoms with Gasteiger partial charge in [-0.25, -0.2) is 14.4 Å². The lowest BCUT2D eigenvalue weighted by molar-refractivity contribution is 0.00578. The molecule has 10 rings (SSSR count). The maximum Gasteiger partial charge on any atom is 0.339 e. The highest BCUT2D eigenvalue weighted by Gasteiger charge is 2.25. The summed E-state index contributed by atoms with van der Waals surface area (Å²) in [5, 5.41) is 12.4. The van der Waals surface area contributed by atoms with Gasteiger partial charge in [0.2, 0.25) is 0 Å². The van der Waals surface area contributed by atoms with Crippen LogP contribution in [0.4, 0.5) is 11.4 Å². The standard InChI is InChI=1S/C36H38N2O3.C28H29NO4.C8H11N.2CH4/c1-25(27-13-6-5-7-14-27)37-34(39)30-19-20-33-29(23-30)16-11-21-38(33)24-26-12-10-15-28(22-26)31-17-8-9-18-32(31)35(40)41-36(2,3)4;1-28(2,3)33-27(32)24-12-5-4-11-23(24)20-9-6-8-19(16-20)18-29-15-7-10-21-17-22(26(30)31)13-14-25(21)29;1-7(9)8-5-3-2-4-6-8;;/h5-10,12-15,17-20,22-23,25H,11,16,21,24H2,1-4H3,(H,37,39);4-6,8-9,11-14,16-17H,7,10,15,18H2,1-3H3,(H,30,31);2-7H,9H2,1H3;2*1H4/t25-;;7-;;/m0.0../s1. The number of carbonyl (C=O) groups is 4. The highest BCUT2D eigenvalue weighted by molar-refractivity contribution is 5.99. The van der Waals surface area contributed by atoms with Gasteiger partial charge in [0.25, 0.3) is 5.91 Å². The topological polar surface area (TPSA) is 152 Å². The number of benzene rings is 8. The predicted molar refractivity (Wildman–Crippen MR) is 348 cm³/mol. The molecule has 0 saturated carbocycles. The van der Waals surface area contributed by atoms with Crippen LogP contribution in [0.5, 0.6) is 0 Å². The van der Waals surface area contributed by atoms with E-state index in [1.165, 1.54) is 16.8 Å². The van der Waals surface area contributed by atoms with Crippen molar-refractivity contribution in [1.29, 1.82) is 0 Å². The van der Waals surface area contributed by atoms with Gasteiger partial charge in [0.1, 0.15) is 11.2 Å². The van der Waals surface area contributed by atoms with Gasteiger partial charge in [-0.1, -0.05) is 148 Å². The van der Waals surface area contributed by atoms with Crippen molar-refractivity contribution < 1.29 is 33.8 Å². The second kappa shape index (κ2) is 29.6. The minimum atomic E-state index is -0.897. The van der Waals surface area contributed by atoms with Crippen molar-refractivity contribution in [2.75, 3.05) is 22.9 Å². The molecule has 2 aliphatic heterocycles. The van der Waals surface area contributed by atoms with Gasteiger partial charge < -0.3 is 35.4 Å². The van der Waals surface area contributed by atoms with Crippen molar-refractivity contribution in [2.45, 2.75) is 132 Å². The first-order valence-corrected chi connectivity index (χ1v) is 28.7. The summed E-state index contributed by atoms with van der Waals surface area (Å²) in [6, 6.07) is 63.3. The number of nitrogens with two attached hydrogens (primary N) is 1. The fraction of sp³-hybridized carbons (Fsp3) is 0.297. The lowest BCUT2D eigenvalue weighted by atomic mass is 9.96. The number of carboxylic acids is 1. The molecule has 11 heteroatoms. The number of fused-ring (bicyclic) bond motifs is 2. The number of carbonyl (C=O) groups excluding carboxylic acids is 3. The zero-order valence-corrected chi connectivity index (χ0v) is 49.2. The van der Waals surface area contributed by atoms with Gasteiger partial charge in [0.05, 0.1) is 22.7 Å². The number of aryl methyl sites for hydroxylation is 2. The maximum absolute atomic E-state index is 13.1. The van der Waals surface area contributed by atoms with Crippen molar-refractivity contribution >= 4 is 35.2 Å². The third-order valence-electron chi connectivity index (χ3n) is 14.4. The summed E-state index contributed by atoms with van der Waals surface area (Å²) in [5.41, 5.74) is 19.4. The minimum Gasteiger partial charge on any atom is -0.478 e. The number of aromatic carboxylic acids is 1. The van der Waals surface area contributed by atoms with E-state index in [1.54, 1.807) is 18.2 Å². The van der Waals surface area contributed by atoms with E-state index in [-0.39, 0.29) is 44.8 Å². The Morgan fingerprint density at radius 2 is 0.929 bits per heavy atom. The van der Waals surface area contributed by atoms with Crippen LogP contribution in [-0.4, -0.2) is 53.2 Å². The van der Waals surface area contributed by atoms with Gasteiger partial charge in [-0.3, -0.25) is 4.79 Å². The summed E-state index contributed by atoms with van der Waals surface area (Å²) >= 11 is 0. The number of anilines is 2. The van der Waals surface area contributed by atoms with Crippen molar-refractivity contribution in [1.82, 2.24) is 5.32 Å². The molecule has 4 N–H and O–H groups in total. The number of ether oxygens (including phenoxy) is 2. The number of rotatable bonds is 13. The smallest absolute Gasteiger partial charge is 0.339 e. The number of esters is 2. The van der Waals surface area contributed by atoms with Gasteiger partial charge in [-0.2, -0.15) is 0 Å². The van der Waals surface area contributed by atoms with E-state index in [1.807, 2.05) is 201 Å². The molecular formula is C74H86N4O7. The fourth-order valence-electron chi connectivity index (χ4n) is 10.4. The summed E-state index contributed by atoms with van der Waals surface area (Å²) in [6.07, 6.45) is 3.84. The van der Waals surface area contributed by atoms with E-state index in [9.17, 15) is 24.3 Å². The number of nitrogens with one attached hydrogen (secondary N) is 1. The molecule has 0 fully saturated rings. The highest BCUT2D eigenvalue weighted by atomic mass is 16.6. The summed E-state index contributed by atoms with van der Waals surface area (Å²) in [4.78, 5) is 54.8. The molecule has 0 aromatic heterocycles. The largest absolute Gasteiger partial charge is 0.478 e.